The van der Waals surface area contributed by atoms with Crippen molar-refractivity contribution in [2.24, 2.45) is 11.8 Å². The SMILES string of the molecule is CCOC(=O)[C@]1(Cc2ccc(O)cc2)N[C@H](c2ccco2)[C@@H]2C(=O)N(CC)C(=O)[C@H]21. The number of nitrogens with zero attached hydrogens (tertiary/aromatic N) is 1. The van der Waals surface area contributed by atoms with Crippen molar-refractivity contribution in [2.45, 2.75) is 31.8 Å². The minimum absolute atomic E-state index is 0.0962. The van der Waals surface area contributed by atoms with Gasteiger partial charge in [-0.05, 0) is 43.7 Å². The summed E-state index contributed by atoms with van der Waals surface area (Å²) in [6.07, 6.45) is 1.62. The van der Waals surface area contributed by atoms with Gasteiger partial charge in [0.15, 0.2) is 0 Å². The van der Waals surface area contributed by atoms with Gasteiger partial charge in [0.05, 0.1) is 30.7 Å². The van der Waals surface area contributed by atoms with Crippen molar-refractivity contribution in [3.8, 4) is 5.75 Å². The molecule has 0 aliphatic carbocycles. The van der Waals surface area contributed by atoms with E-state index in [1.165, 1.54) is 23.3 Å². The van der Waals surface area contributed by atoms with Crippen molar-refractivity contribution in [3.05, 3.63) is 54.0 Å². The van der Waals surface area contributed by atoms with Gasteiger partial charge in [-0.25, -0.2) is 0 Å². The molecule has 0 saturated carbocycles. The fourth-order valence-corrected chi connectivity index (χ4v) is 4.70. The fraction of sp³-hybridized carbons (Fsp3) is 0.409. The Labute approximate surface area is 173 Å². The number of carbonyl (C=O) groups is 3. The number of imide groups is 1. The van der Waals surface area contributed by atoms with E-state index in [4.69, 9.17) is 9.15 Å². The summed E-state index contributed by atoms with van der Waals surface area (Å²) in [6.45, 7) is 3.80. The van der Waals surface area contributed by atoms with Crippen molar-refractivity contribution >= 4 is 17.8 Å². The van der Waals surface area contributed by atoms with E-state index in [1.807, 2.05) is 0 Å². The molecule has 2 aliphatic rings. The lowest BCUT2D eigenvalue weighted by Crippen LogP contribution is -2.58. The molecule has 8 nitrogen and oxygen atoms in total. The van der Waals surface area contributed by atoms with E-state index in [0.717, 1.165) is 5.56 Å². The summed E-state index contributed by atoms with van der Waals surface area (Å²) in [5.41, 5.74) is -0.714. The summed E-state index contributed by atoms with van der Waals surface area (Å²) in [6, 6.07) is 9.20. The number of rotatable bonds is 6. The van der Waals surface area contributed by atoms with Gasteiger partial charge in [-0.2, -0.15) is 0 Å². The van der Waals surface area contributed by atoms with Gasteiger partial charge in [0, 0.05) is 13.0 Å². The van der Waals surface area contributed by atoms with E-state index in [1.54, 1.807) is 38.1 Å². The molecule has 8 heteroatoms. The van der Waals surface area contributed by atoms with Crippen LogP contribution in [-0.4, -0.2) is 46.5 Å². The number of nitrogens with one attached hydrogen (secondary N) is 1. The van der Waals surface area contributed by atoms with Crippen LogP contribution in [0.25, 0.3) is 0 Å². The second-order valence-electron chi connectivity index (χ2n) is 7.60. The Kier molecular flexibility index (Phi) is 5.11. The smallest absolute Gasteiger partial charge is 0.327 e. The Morgan fingerprint density at radius 1 is 1.20 bits per heavy atom. The number of ether oxygens (including phenoxy) is 1. The van der Waals surface area contributed by atoms with Crippen molar-refractivity contribution in [1.82, 2.24) is 10.2 Å². The maximum atomic E-state index is 13.3. The van der Waals surface area contributed by atoms with E-state index in [2.05, 4.69) is 5.32 Å². The maximum absolute atomic E-state index is 13.3. The maximum Gasteiger partial charge on any atom is 0.327 e. The molecule has 0 radical (unpaired) electrons. The molecular weight excluding hydrogens is 388 g/mol. The molecule has 30 heavy (non-hydrogen) atoms. The van der Waals surface area contributed by atoms with Gasteiger partial charge in [0.1, 0.15) is 17.0 Å². The van der Waals surface area contributed by atoms with Crippen LogP contribution in [0.5, 0.6) is 5.75 Å². The highest BCUT2D eigenvalue weighted by Crippen LogP contribution is 2.50. The van der Waals surface area contributed by atoms with Gasteiger partial charge in [-0.3, -0.25) is 24.6 Å². The van der Waals surface area contributed by atoms with Crippen molar-refractivity contribution in [1.29, 1.82) is 0 Å². The standard InChI is InChI=1S/C22H24N2O6/c1-3-24-19(26)16-17(20(24)27)22(21(28)29-4-2,12-13-7-9-14(25)10-8-13)23-18(16)15-6-5-11-30-15/h5-11,16-18,23,25H,3-4,12H2,1-2H3/t16-,17+,18-,22-/m1/s1. The highest BCUT2D eigenvalue weighted by Gasteiger charge is 2.69. The zero-order valence-electron chi connectivity index (χ0n) is 16.8. The molecule has 2 saturated heterocycles. The number of likely N-dealkylation sites (tertiary alicyclic amines) is 1. The highest BCUT2D eigenvalue weighted by molar-refractivity contribution is 6.09. The highest BCUT2D eigenvalue weighted by atomic mass is 16.5. The average molecular weight is 412 g/mol. The number of carbonyl (C=O) groups excluding carboxylic acids is 3. The molecule has 1 aromatic heterocycles. The lowest BCUT2D eigenvalue weighted by molar-refractivity contribution is -0.156. The third kappa shape index (κ3) is 2.99. The third-order valence-corrected chi connectivity index (χ3v) is 5.97. The quantitative estimate of drug-likeness (QED) is 0.550. The monoisotopic (exact) mass is 412 g/mol. The van der Waals surface area contributed by atoms with Crippen LogP contribution in [-0.2, 0) is 25.5 Å². The van der Waals surface area contributed by atoms with E-state index in [-0.39, 0.29) is 37.1 Å². The Morgan fingerprint density at radius 2 is 1.93 bits per heavy atom. The Balaban J connectivity index is 1.84. The Morgan fingerprint density at radius 3 is 2.53 bits per heavy atom. The van der Waals surface area contributed by atoms with Crippen LogP contribution < -0.4 is 5.32 Å². The molecule has 4 atom stereocenters. The number of aromatic hydroxyl groups is 1. The molecule has 2 aromatic rings. The number of phenols is 1. The number of phenolic OH excluding ortho intramolecular Hbond substituents is 1. The third-order valence-electron chi connectivity index (χ3n) is 5.97. The van der Waals surface area contributed by atoms with Crippen LogP contribution >= 0.6 is 0 Å². The number of benzene rings is 1. The molecule has 0 spiro atoms. The lowest BCUT2D eigenvalue weighted by Gasteiger charge is -2.32. The first-order valence-corrected chi connectivity index (χ1v) is 10.0. The van der Waals surface area contributed by atoms with Gasteiger partial charge in [-0.1, -0.05) is 12.1 Å². The summed E-state index contributed by atoms with van der Waals surface area (Å²) in [5.74, 6) is -2.40. The van der Waals surface area contributed by atoms with Crippen LogP contribution in [0.4, 0.5) is 0 Å². The number of hydrogen-bond acceptors (Lipinski definition) is 7. The van der Waals surface area contributed by atoms with Crippen molar-refractivity contribution in [2.75, 3.05) is 13.2 Å². The second kappa shape index (κ2) is 7.60. The van der Waals surface area contributed by atoms with Gasteiger partial charge >= 0.3 is 5.97 Å². The summed E-state index contributed by atoms with van der Waals surface area (Å²) in [7, 11) is 0. The Bertz CT molecular complexity index is 955. The lowest BCUT2D eigenvalue weighted by atomic mass is 9.76. The fourth-order valence-electron chi connectivity index (χ4n) is 4.70. The number of hydrogen-bond donors (Lipinski definition) is 2. The molecular formula is C22H24N2O6. The molecule has 4 rings (SSSR count). The predicted octanol–water partition coefficient (Wildman–Crippen LogP) is 1.80. The van der Waals surface area contributed by atoms with Crippen LogP contribution in [0.2, 0.25) is 0 Å². The Hall–Kier alpha value is -3.13. The van der Waals surface area contributed by atoms with Crippen LogP contribution in [0.3, 0.4) is 0 Å². The number of furan rings is 1. The zero-order chi connectivity index (χ0) is 21.5. The molecule has 1 aromatic carbocycles. The van der Waals surface area contributed by atoms with Crippen LogP contribution in [0.1, 0.15) is 31.2 Å². The summed E-state index contributed by atoms with van der Waals surface area (Å²) in [4.78, 5) is 40.9. The zero-order valence-corrected chi connectivity index (χ0v) is 16.8. The van der Waals surface area contributed by atoms with E-state index in [0.29, 0.717) is 5.76 Å². The normalized spacial score (nSPS) is 28.1. The molecule has 0 bridgehead atoms. The van der Waals surface area contributed by atoms with Crippen molar-refractivity contribution in [3.63, 3.8) is 0 Å². The molecule has 2 aliphatic heterocycles. The first kappa shape index (κ1) is 20.2. The van der Waals surface area contributed by atoms with Gasteiger partial charge < -0.3 is 14.3 Å². The summed E-state index contributed by atoms with van der Waals surface area (Å²) < 4.78 is 10.9. The largest absolute Gasteiger partial charge is 0.508 e. The molecule has 0 unspecified atom stereocenters. The predicted molar refractivity (Wildman–Crippen MR) is 105 cm³/mol. The minimum Gasteiger partial charge on any atom is -0.508 e. The van der Waals surface area contributed by atoms with Crippen LogP contribution in [0, 0.1) is 11.8 Å². The topological polar surface area (TPSA) is 109 Å². The molecule has 158 valence electrons. The van der Waals surface area contributed by atoms with E-state index >= 15 is 0 Å². The second-order valence-corrected chi connectivity index (χ2v) is 7.60. The molecule has 3 heterocycles. The first-order valence-electron chi connectivity index (χ1n) is 10.0. The van der Waals surface area contributed by atoms with Crippen molar-refractivity contribution < 1.29 is 28.6 Å². The first-order chi connectivity index (χ1) is 14.4. The number of amides is 2. The minimum atomic E-state index is -1.44. The van der Waals surface area contributed by atoms with Gasteiger partial charge in [0.25, 0.3) is 0 Å². The van der Waals surface area contributed by atoms with E-state index < -0.39 is 29.4 Å². The average Bonchev–Trinajstić information content (AvgIpc) is 3.42. The molecule has 2 amide bonds. The van der Waals surface area contributed by atoms with E-state index in [9.17, 15) is 19.5 Å². The molecule has 2 N–H and O–H groups in total. The van der Waals surface area contributed by atoms with Gasteiger partial charge in [0.2, 0.25) is 11.8 Å². The number of esters is 1. The van der Waals surface area contributed by atoms with Gasteiger partial charge in [-0.15, -0.1) is 0 Å². The molecule has 2 fully saturated rings. The number of fused-ring (bicyclic) bond motifs is 1. The summed E-state index contributed by atoms with van der Waals surface area (Å²) in [5, 5.41) is 12.9. The van der Waals surface area contributed by atoms with Crippen LogP contribution in [0.15, 0.2) is 47.1 Å². The summed E-state index contributed by atoms with van der Waals surface area (Å²) >= 11 is 0.